The summed E-state index contributed by atoms with van der Waals surface area (Å²) in [6.07, 6.45) is 8.61. The number of hydrogen-bond donors (Lipinski definition) is 1. The van der Waals surface area contributed by atoms with E-state index in [0.29, 0.717) is 6.04 Å². The molecule has 1 fully saturated rings. The maximum atomic E-state index is 5.29. The van der Waals surface area contributed by atoms with Crippen molar-refractivity contribution in [2.75, 3.05) is 23.8 Å². The van der Waals surface area contributed by atoms with Gasteiger partial charge in [0, 0.05) is 35.0 Å². The van der Waals surface area contributed by atoms with E-state index >= 15 is 0 Å². The number of nitrogens with one attached hydrogen (secondary N) is 1. The van der Waals surface area contributed by atoms with E-state index in [9.17, 15) is 0 Å². The Kier molecular flexibility index (Phi) is 7.42. The summed E-state index contributed by atoms with van der Waals surface area (Å²) < 4.78 is 0. The van der Waals surface area contributed by atoms with Crippen molar-refractivity contribution in [2.45, 2.75) is 37.5 Å². The lowest BCUT2D eigenvalue weighted by atomic mass is 10.1. The molecule has 1 nitrogen and oxygen atoms in total. The van der Waals surface area contributed by atoms with E-state index in [2.05, 4.69) is 41.7 Å². The standard InChI is InChI=1S/C12H21NS2/c1-3-5-6-7-11(13-4-2)12-10-14-8-9-15-12/h1,11-13H,4-10H2,2H3. The summed E-state index contributed by atoms with van der Waals surface area (Å²) in [6.45, 7) is 3.26. The first-order valence-electron chi connectivity index (χ1n) is 5.74. The molecule has 0 amide bonds. The Morgan fingerprint density at radius 3 is 3.00 bits per heavy atom. The fourth-order valence-electron chi connectivity index (χ4n) is 1.84. The minimum Gasteiger partial charge on any atom is -0.313 e. The number of hydrogen-bond acceptors (Lipinski definition) is 3. The summed E-state index contributed by atoms with van der Waals surface area (Å²) in [7, 11) is 0. The highest BCUT2D eigenvalue weighted by atomic mass is 32.2. The minimum atomic E-state index is 0.668. The Balaban J connectivity index is 2.30. The molecule has 0 spiro atoms. The highest BCUT2D eigenvalue weighted by molar-refractivity contribution is 8.06. The zero-order valence-electron chi connectivity index (χ0n) is 9.50. The van der Waals surface area contributed by atoms with Gasteiger partial charge in [0.1, 0.15) is 0 Å². The summed E-state index contributed by atoms with van der Waals surface area (Å²) in [6, 6.07) is 0.668. The second-order valence-electron chi connectivity index (χ2n) is 3.74. The summed E-state index contributed by atoms with van der Waals surface area (Å²) in [5, 5.41) is 4.40. The monoisotopic (exact) mass is 243 g/mol. The van der Waals surface area contributed by atoms with Gasteiger partial charge in [-0.25, -0.2) is 0 Å². The maximum Gasteiger partial charge on any atom is 0.0292 e. The minimum absolute atomic E-state index is 0.668. The van der Waals surface area contributed by atoms with E-state index in [1.807, 2.05) is 0 Å². The Labute approximate surface area is 103 Å². The van der Waals surface area contributed by atoms with Gasteiger partial charge in [0.25, 0.3) is 0 Å². The molecule has 0 saturated carbocycles. The van der Waals surface area contributed by atoms with Crippen LogP contribution in [0, 0.1) is 12.3 Å². The van der Waals surface area contributed by atoms with Crippen LogP contribution >= 0.6 is 23.5 Å². The second kappa shape index (κ2) is 8.38. The van der Waals surface area contributed by atoms with Gasteiger partial charge < -0.3 is 5.32 Å². The van der Waals surface area contributed by atoms with Crippen molar-refractivity contribution in [3.63, 3.8) is 0 Å². The lowest BCUT2D eigenvalue weighted by molar-refractivity contribution is 0.481. The van der Waals surface area contributed by atoms with E-state index in [-0.39, 0.29) is 0 Å². The van der Waals surface area contributed by atoms with Crippen molar-refractivity contribution in [1.29, 1.82) is 0 Å². The summed E-state index contributed by atoms with van der Waals surface area (Å²) in [5.74, 6) is 6.67. The summed E-state index contributed by atoms with van der Waals surface area (Å²) in [4.78, 5) is 0. The van der Waals surface area contributed by atoms with Gasteiger partial charge in [-0.2, -0.15) is 23.5 Å². The summed E-state index contributed by atoms with van der Waals surface area (Å²) in [5.41, 5.74) is 0. The highest BCUT2D eigenvalue weighted by Gasteiger charge is 2.23. The molecule has 15 heavy (non-hydrogen) atoms. The molecule has 1 N–H and O–H groups in total. The first kappa shape index (κ1) is 13.3. The third kappa shape index (κ3) is 5.19. The highest BCUT2D eigenvalue weighted by Crippen LogP contribution is 2.28. The third-order valence-corrected chi connectivity index (χ3v) is 5.51. The van der Waals surface area contributed by atoms with Gasteiger partial charge in [-0.15, -0.1) is 12.3 Å². The Bertz CT molecular complexity index is 194. The molecule has 1 aliphatic rings. The summed E-state index contributed by atoms with van der Waals surface area (Å²) >= 11 is 4.23. The molecule has 86 valence electrons. The molecule has 0 aromatic carbocycles. The van der Waals surface area contributed by atoms with Gasteiger partial charge in [-0.1, -0.05) is 6.92 Å². The van der Waals surface area contributed by atoms with E-state index < -0.39 is 0 Å². The van der Waals surface area contributed by atoms with Crippen molar-refractivity contribution in [1.82, 2.24) is 5.32 Å². The van der Waals surface area contributed by atoms with Crippen molar-refractivity contribution in [3.8, 4) is 12.3 Å². The Morgan fingerprint density at radius 2 is 2.40 bits per heavy atom. The average molecular weight is 243 g/mol. The zero-order valence-corrected chi connectivity index (χ0v) is 11.1. The zero-order chi connectivity index (χ0) is 10.9. The molecule has 0 aliphatic carbocycles. The molecule has 0 aromatic heterocycles. The fraction of sp³-hybridized carbons (Fsp3) is 0.833. The Hall–Kier alpha value is 0.220. The number of terminal acetylenes is 1. The number of unbranched alkanes of at least 4 members (excludes halogenated alkanes) is 1. The van der Waals surface area contributed by atoms with E-state index in [4.69, 9.17) is 6.42 Å². The van der Waals surface area contributed by atoms with Crippen molar-refractivity contribution >= 4 is 23.5 Å². The van der Waals surface area contributed by atoms with Crippen LogP contribution in [-0.2, 0) is 0 Å². The normalized spacial score (nSPS) is 23.3. The molecule has 0 aromatic rings. The van der Waals surface area contributed by atoms with Gasteiger partial charge in [0.2, 0.25) is 0 Å². The molecule has 0 bridgehead atoms. The molecular weight excluding hydrogens is 222 g/mol. The molecule has 1 saturated heterocycles. The molecule has 1 rings (SSSR count). The first-order chi connectivity index (χ1) is 7.38. The quantitative estimate of drug-likeness (QED) is 0.569. The molecular formula is C12H21NS2. The molecule has 1 aliphatic heterocycles. The van der Waals surface area contributed by atoms with Gasteiger partial charge in [-0.3, -0.25) is 0 Å². The smallest absolute Gasteiger partial charge is 0.0292 e. The molecule has 0 radical (unpaired) electrons. The van der Waals surface area contributed by atoms with E-state index in [0.717, 1.165) is 24.6 Å². The van der Waals surface area contributed by atoms with Gasteiger partial charge in [0.05, 0.1) is 0 Å². The third-order valence-electron chi connectivity index (χ3n) is 2.59. The molecule has 1 heterocycles. The van der Waals surface area contributed by atoms with Crippen LogP contribution in [0.5, 0.6) is 0 Å². The van der Waals surface area contributed by atoms with Gasteiger partial charge >= 0.3 is 0 Å². The van der Waals surface area contributed by atoms with Crippen LogP contribution in [0.1, 0.15) is 26.2 Å². The predicted octanol–water partition coefficient (Wildman–Crippen LogP) is 2.62. The van der Waals surface area contributed by atoms with Crippen LogP contribution < -0.4 is 5.32 Å². The largest absolute Gasteiger partial charge is 0.313 e. The maximum absolute atomic E-state index is 5.29. The molecule has 3 heteroatoms. The molecule has 2 atom stereocenters. The van der Waals surface area contributed by atoms with E-state index in [1.165, 1.54) is 23.7 Å². The van der Waals surface area contributed by atoms with Gasteiger partial charge in [-0.05, 0) is 19.4 Å². The van der Waals surface area contributed by atoms with Crippen LogP contribution in [0.4, 0.5) is 0 Å². The van der Waals surface area contributed by atoms with Crippen molar-refractivity contribution in [3.05, 3.63) is 0 Å². The fourth-order valence-corrected chi connectivity index (χ4v) is 4.77. The average Bonchev–Trinajstić information content (AvgIpc) is 2.29. The lowest BCUT2D eigenvalue weighted by Gasteiger charge is -2.30. The number of thioether (sulfide) groups is 2. The van der Waals surface area contributed by atoms with Crippen LogP contribution in [0.3, 0.4) is 0 Å². The van der Waals surface area contributed by atoms with E-state index in [1.54, 1.807) is 0 Å². The topological polar surface area (TPSA) is 12.0 Å². The molecule has 2 unspecified atom stereocenters. The second-order valence-corrected chi connectivity index (χ2v) is 6.24. The number of rotatable bonds is 6. The van der Waals surface area contributed by atoms with Gasteiger partial charge in [0.15, 0.2) is 0 Å². The van der Waals surface area contributed by atoms with Crippen molar-refractivity contribution in [2.24, 2.45) is 0 Å². The van der Waals surface area contributed by atoms with Crippen LogP contribution in [-0.4, -0.2) is 35.1 Å². The van der Waals surface area contributed by atoms with Crippen molar-refractivity contribution < 1.29 is 0 Å². The predicted molar refractivity (Wildman–Crippen MR) is 73.7 cm³/mol. The SMILES string of the molecule is C#CCCCC(NCC)C1CSCCS1. The lowest BCUT2D eigenvalue weighted by Crippen LogP contribution is -2.40. The van der Waals surface area contributed by atoms with Crippen LogP contribution in [0.15, 0.2) is 0 Å². The first-order valence-corrected chi connectivity index (χ1v) is 7.95. The van der Waals surface area contributed by atoms with Crippen LogP contribution in [0.25, 0.3) is 0 Å². The van der Waals surface area contributed by atoms with Crippen LogP contribution in [0.2, 0.25) is 0 Å². The Morgan fingerprint density at radius 1 is 1.53 bits per heavy atom.